The molecule has 0 fully saturated rings. The van der Waals surface area contributed by atoms with E-state index < -0.39 is 16.9 Å². The number of non-ortho nitro benzene ring substituents is 1. The summed E-state index contributed by atoms with van der Waals surface area (Å²) < 4.78 is 7.02. The maximum Gasteiger partial charge on any atom is 0.338 e. The number of aromatic nitrogens is 4. The third kappa shape index (κ3) is 4.81. The molecule has 2 aromatic rings. The molecule has 2 heterocycles. The normalized spacial score (nSPS) is 15.5. The van der Waals surface area contributed by atoms with Crippen LogP contribution < -0.4 is 5.32 Å². The summed E-state index contributed by atoms with van der Waals surface area (Å²) in [6, 6.07) is 5.38. The fourth-order valence-electron chi connectivity index (χ4n) is 3.49. The largest absolute Gasteiger partial charge is 0.462 e. The van der Waals surface area contributed by atoms with Crippen LogP contribution in [0.15, 0.2) is 35.5 Å². The summed E-state index contributed by atoms with van der Waals surface area (Å²) in [5.41, 5.74) is 1.60. The molecule has 30 heavy (non-hydrogen) atoms. The molecule has 0 spiro atoms. The lowest BCUT2D eigenvalue weighted by Gasteiger charge is -2.27. The van der Waals surface area contributed by atoms with E-state index in [-0.39, 0.29) is 5.69 Å². The van der Waals surface area contributed by atoms with Crippen LogP contribution in [0.5, 0.6) is 0 Å². The number of anilines is 1. The summed E-state index contributed by atoms with van der Waals surface area (Å²) in [5, 5.41) is 25.6. The van der Waals surface area contributed by atoms with Crippen molar-refractivity contribution in [2.24, 2.45) is 0 Å². The Hall–Kier alpha value is -3.30. The van der Waals surface area contributed by atoms with Gasteiger partial charge in [-0.15, -0.1) is 0 Å². The zero-order valence-corrected chi connectivity index (χ0v) is 17.2. The maximum atomic E-state index is 12.9. The molecule has 1 aromatic carbocycles. The van der Waals surface area contributed by atoms with Crippen molar-refractivity contribution in [3.63, 3.8) is 0 Å². The van der Waals surface area contributed by atoms with Crippen LogP contribution >= 0.6 is 0 Å². The van der Waals surface area contributed by atoms with Gasteiger partial charge in [0.1, 0.15) is 6.04 Å². The van der Waals surface area contributed by atoms with Gasteiger partial charge in [-0.1, -0.05) is 44.1 Å². The Labute approximate surface area is 174 Å². The third-order valence-electron chi connectivity index (χ3n) is 5.08. The molecule has 10 nitrogen and oxygen atoms in total. The molecular weight excluding hydrogens is 388 g/mol. The number of hydrogen-bond acceptors (Lipinski definition) is 8. The first-order valence-corrected chi connectivity index (χ1v) is 10.2. The predicted molar refractivity (Wildman–Crippen MR) is 110 cm³/mol. The Morgan fingerprint density at radius 1 is 1.20 bits per heavy atom. The molecule has 1 N–H and O–H groups in total. The van der Waals surface area contributed by atoms with Crippen molar-refractivity contribution in [1.29, 1.82) is 0 Å². The van der Waals surface area contributed by atoms with E-state index in [0.717, 1.165) is 19.3 Å². The third-order valence-corrected chi connectivity index (χ3v) is 5.08. The zero-order valence-electron chi connectivity index (χ0n) is 17.2. The molecule has 0 aliphatic carbocycles. The Morgan fingerprint density at radius 3 is 2.60 bits per heavy atom. The van der Waals surface area contributed by atoms with E-state index >= 15 is 0 Å². The van der Waals surface area contributed by atoms with Gasteiger partial charge in [0.05, 0.1) is 17.1 Å². The fourth-order valence-corrected chi connectivity index (χ4v) is 3.49. The van der Waals surface area contributed by atoms with Crippen molar-refractivity contribution in [1.82, 2.24) is 20.2 Å². The summed E-state index contributed by atoms with van der Waals surface area (Å²) in [4.78, 5) is 23.4. The number of allylic oxidation sites excluding steroid dienone is 1. The molecule has 1 atom stereocenters. The van der Waals surface area contributed by atoms with Crippen LogP contribution in [0.2, 0.25) is 0 Å². The second-order valence-corrected chi connectivity index (χ2v) is 7.27. The van der Waals surface area contributed by atoms with Crippen LogP contribution in [0, 0.1) is 10.1 Å². The minimum Gasteiger partial charge on any atom is -0.462 e. The lowest BCUT2D eigenvalue weighted by molar-refractivity contribution is -0.384. The number of tetrazole rings is 1. The summed E-state index contributed by atoms with van der Waals surface area (Å²) in [5.74, 6) is -0.0543. The SMILES string of the molecule is CCCCCCCCOC(=O)C1=C(C)Nc2nnnn2[C@@H]1c1ccc([N+](=O)[O-])cc1. The van der Waals surface area contributed by atoms with Crippen molar-refractivity contribution >= 4 is 17.6 Å². The molecule has 1 aliphatic heterocycles. The van der Waals surface area contributed by atoms with Gasteiger partial charge < -0.3 is 10.1 Å². The molecule has 160 valence electrons. The van der Waals surface area contributed by atoms with Crippen LogP contribution in [-0.4, -0.2) is 37.7 Å². The highest BCUT2D eigenvalue weighted by atomic mass is 16.6. The summed E-state index contributed by atoms with van der Waals surface area (Å²) in [6.45, 7) is 4.28. The first-order chi connectivity index (χ1) is 14.5. The number of fused-ring (bicyclic) bond motifs is 1. The summed E-state index contributed by atoms with van der Waals surface area (Å²) in [7, 11) is 0. The highest BCUT2D eigenvalue weighted by Gasteiger charge is 2.35. The number of esters is 1. The fraction of sp³-hybridized carbons (Fsp3) is 0.500. The highest BCUT2D eigenvalue weighted by molar-refractivity contribution is 5.92. The number of nitro groups is 1. The predicted octanol–water partition coefficient (Wildman–Crippen LogP) is 3.77. The van der Waals surface area contributed by atoms with E-state index in [1.165, 1.54) is 36.1 Å². The van der Waals surface area contributed by atoms with Crippen molar-refractivity contribution in [2.45, 2.75) is 58.4 Å². The Bertz CT molecular complexity index is 922. The molecule has 1 aliphatic rings. The molecule has 0 unspecified atom stereocenters. The smallest absolute Gasteiger partial charge is 0.338 e. The number of ether oxygens (including phenoxy) is 1. The van der Waals surface area contributed by atoms with Gasteiger partial charge >= 0.3 is 5.97 Å². The quantitative estimate of drug-likeness (QED) is 0.269. The van der Waals surface area contributed by atoms with Gasteiger partial charge in [-0.25, -0.2) is 4.79 Å². The first-order valence-electron chi connectivity index (χ1n) is 10.2. The molecule has 1 aromatic heterocycles. The number of unbranched alkanes of at least 4 members (excludes halogenated alkanes) is 5. The van der Waals surface area contributed by atoms with Gasteiger partial charge in [0.2, 0.25) is 5.95 Å². The van der Waals surface area contributed by atoms with Crippen LogP contribution in [0.25, 0.3) is 0 Å². The van der Waals surface area contributed by atoms with Crippen molar-refractivity contribution in [3.8, 4) is 0 Å². The standard InChI is InChI=1S/C20H26N6O4/c1-3-4-5-6-7-8-13-30-19(27)17-14(2)21-20-22-23-24-25(20)18(17)15-9-11-16(12-10-15)26(28)29/h9-12,18H,3-8,13H2,1-2H3,(H,21,22,24)/t18-/m1/s1. The molecule has 0 saturated heterocycles. The Morgan fingerprint density at radius 2 is 1.90 bits per heavy atom. The molecule has 0 saturated carbocycles. The minimum atomic E-state index is -0.630. The monoisotopic (exact) mass is 414 g/mol. The van der Waals surface area contributed by atoms with Gasteiger partial charge in [-0.3, -0.25) is 10.1 Å². The number of rotatable bonds is 10. The minimum absolute atomic E-state index is 0.0301. The van der Waals surface area contributed by atoms with Gasteiger partial charge in [-0.2, -0.15) is 4.68 Å². The van der Waals surface area contributed by atoms with Crippen LogP contribution in [0.1, 0.15) is 64.0 Å². The highest BCUT2D eigenvalue weighted by Crippen LogP contribution is 2.35. The molecule has 0 bridgehead atoms. The number of nitro benzene ring substituents is 1. The van der Waals surface area contributed by atoms with Gasteiger partial charge in [0, 0.05) is 17.8 Å². The Kier molecular flexibility index (Phi) is 7.10. The average Bonchev–Trinajstić information content (AvgIpc) is 3.20. The first kappa shape index (κ1) is 21.4. The van der Waals surface area contributed by atoms with E-state index in [2.05, 4.69) is 27.8 Å². The summed E-state index contributed by atoms with van der Waals surface area (Å²) in [6.07, 6.45) is 6.58. The zero-order chi connectivity index (χ0) is 21.5. The summed E-state index contributed by atoms with van der Waals surface area (Å²) >= 11 is 0. The molecule has 0 amide bonds. The molecule has 10 heteroatoms. The van der Waals surface area contributed by atoms with Crippen molar-refractivity contribution in [3.05, 3.63) is 51.2 Å². The van der Waals surface area contributed by atoms with Crippen LogP contribution in [-0.2, 0) is 9.53 Å². The van der Waals surface area contributed by atoms with Gasteiger partial charge in [0.15, 0.2) is 0 Å². The van der Waals surface area contributed by atoms with E-state index in [0.29, 0.717) is 29.4 Å². The maximum absolute atomic E-state index is 12.9. The second kappa shape index (κ2) is 9.95. The molecule has 3 rings (SSSR count). The van der Waals surface area contributed by atoms with E-state index in [1.54, 1.807) is 19.1 Å². The Balaban J connectivity index is 1.75. The lowest BCUT2D eigenvalue weighted by Crippen LogP contribution is -2.29. The number of nitrogens with zero attached hydrogens (tertiary/aromatic N) is 5. The van der Waals surface area contributed by atoms with E-state index in [9.17, 15) is 14.9 Å². The number of carbonyl (C=O) groups is 1. The topological polar surface area (TPSA) is 125 Å². The van der Waals surface area contributed by atoms with Gasteiger partial charge in [-0.05, 0) is 41.5 Å². The second-order valence-electron chi connectivity index (χ2n) is 7.27. The van der Waals surface area contributed by atoms with E-state index in [4.69, 9.17) is 4.74 Å². The van der Waals surface area contributed by atoms with Crippen LogP contribution in [0.3, 0.4) is 0 Å². The van der Waals surface area contributed by atoms with Crippen molar-refractivity contribution in [2.75, 3.05) is 11.9 Å². The number of nitrogens with one attached hydrogen (secondary N) is 1. The van der Waals surface area contributed by atoms with Gasteiger partial charge in [0.25, 0.3) is 5.69 Å². The van der Waals surface area contributed by atoms with E-state index in [1.807, 2.05) is 0 Å². The molecule has 0 radical (unpaired) electrons. The average molecular weight is 414 g/mol. The number of carbonyl (C=O) groups excluding carboxylic acids is 1. The lowest BCUT2D eigenvalue weighted by atomic mass is 9.95. The van der Waals surface area contributed by atoms with Crippen LogP contribution in [0.4, 0.5) is 11.6 Å². The van der Waals surface area contributed by atoms with Crippen molar-refractivity contribution < 1.29 is 14.5 Å². The number of hydrogen-bond donors (Lipinski definition) is 1. The number of benzene rings is 1. The molecular formula is C20H26N6O4.